The van der Waals surface area contributed by atoms with E-state index in [0.29, 0.717) is 41.7 Å². The Morgan fingerprint density at radius 2 is 1.60 bits per heavy atom. The van der Waals surface area contributed by atoms with E-state index in [1.54, 1.807) is 36.4 Å². The molecule has 0 spiro atoms. The predicted octanol–water partition coefficient (Wildman–Crippen LogP) is 2.43. The number of anilines is 2. The summed E-state index contributed by atoms with van der Waals surface area (Å²) in [6.07, 6.45) is -0.0570. The largest absolute Gasteiger partial charge is 0.492 e. The van der Waals surface area contributed by atoms with Crippen molar-refractivity contribution < 1.29 is 19.1 Å². The second-order valence-corrected chi connectivity index (χ2v) is 6.08. The molecule has 2 amide bonds. The molecule has 0 aliphatic rings. The molecule has 30 heavy (non-hydrogen) atoms. The van der Waals surface area contributed by atoms with Crippen LogP contribution in [-0.4, -0.2) is 45.7 Å². The van der Waals surface area contributed by atoms with Crippen molar-refractivity contribution in [2.24, 2.45) is 0 Å². The molecule has 3 aromatic rings. The van der Waals surface area contributed by atoms with Gasteiger partial charge in [-0.25, -0.2) is 0 Å². The molecular formula is C20H22N6O4. The van der Waals surface area contributed by atoms with Gasteiger partial charge in [-0.2, -0.15) is 5.21 Å². The van der Waals surface area contributed by atoms with Gasteiger partial charge in [-0.05, 0) is 26.0 Å². The highest BCUT2D eigenvalue weighted by Crippen LogP contribution is 2.37. The van der Waals surface area contributed by atoms with E-state index in [2.05, 4.69) is 31.3 Å². The van der Waals surface area contributed by atoms with Crippen molar-refractivity contribution in [3.05, 3.63) is 53.9 Å². The summed E-state index contributed by atoms with van der Waals surface area (Å²) < 4.78 is 11.3. The van der Waals surface area contributed by atoms with Gasteiger partial charge in [0.2, 0.25) is 5.91 Å². The monoisotopic (exact) mass is 410 g/mol. The van der Waals surface area contributed by atoms with E-state index in [-0.39, 0.29) is 24.1 Å². The molecule has 0 fully saturated rings. The van der Waals surface area contributed by atoms with Crippen molar-refractivity contribution in [3.8, 4) is 11.5 Å². The number of aromatic nitrogens is 4. The van der Waals surface area contributed by atoms with E-state index >= 15 is 0 Å². The molecule has 156 valence electrons. The number of hydrogen-bond acceptors (Lipinski definition) is 7. The van der Waals surface area contributed by atoms with Crippen LogP contribution in [0.5, 0.6) is 11.5 Å². The fourth-order valence-corrected chi connectivity index (χ4v) is 2.68. The van der Waals surface area contributed by atoms with Gasteiger partial charge in [0.1, 0.15) is 11.5 Å². The highest BCUT2D eigenvalue weighted by atomic mass is 16.5. The number of carbonyl (C=O) groups is 2. The number of aromatic amines is 1. The molecule has 0 radical (unpaired) electrons. The van der Waals surface area contributed by atoms with Crippen molar-refractivity contribution >= 4 is 23.2 Å². The zero-order valence-corrected chi connectivity index (χ0v) is 16.6. The number of nitrogens with zero attached hydrogens (tertiary/aromatic N) is 3. The number of rotatable bonds is 9. The van der Waals surface area contributed by atoms with Gasteiger partial charge in [0.15, 0.2) is 5.82 Å². The number of benzene rings is 2. The molecule has 0 atom stereocenters. The molecule has 0 aliphatic heterocycles. The van der Waals surface area contributed by atoms with Gasteiger partial charge in [0, 0.05) is 17.7 Å². The van der Waals surface area contributed by atoms with Crippen LogP contribution >= 0.6 is 0 Å². The Morgan fingerprint density at radius 1 is 0.967 bits per heavy atom. The highest BCUT2D eigenvalue weighted by Gasteiger charge is 2.17. The average Bonchev–Trinajstić information content (AvgIpc) is 3.24. The molecule has 0 saturated heterocycles. The number of ether oxygens (including phenoxy) is 2. The predicted molar refractivity (Wildman–Crippen MR) is 110 cm³/mol. The Morgan fingerprint density at radius 3 is 2.17 bits per heavy atom. The first-order valence-electron chi connectivity index (χ1n) is 9.42. The summed E-state index contributed by atoms with van der Waals surface area (Å²) in [5, 5.41) is 18.9. The Kier molecular flexibility index (Phi) is 6.93. The number of nitrogens with one attached hydrogen (secondary N) is 3. The van der Waals surface area contributed by atoms with Crippen LogP contribution in [-0.2, 0) is 11.2 Å². The normalized spacial score (nSPS) is 10.3. The lowest BCUT2D eigenvalue weighted by Crippen LogP contribution is -2.17. The number of H-pyrrole nitrogens is 1. The van der Waals surface area contributed by atoms with Crippen LogP contribution in [0.25, 0.3) is 0 Å². The number of amides is 2. The van der Waals surface area contributed by atoms with E-state index in [0.717, 1.165) is 0 Å². The van der Waals surface area contributed by atoms with Gasteiger partial charge in [-0.15, -0.1) is 10.2 Å². The fraction of sp³-hybridized carbons (Fsp3) is 0.250. The van der Waals surface area contributed by atoms with E-state index in [9.17, 15) is 9.59 Å². The van der Waals surface area contributed by atoms with Gasteiger partial charge < -0.3 is 20.1 Å². The molecule has 10 nitrogen and oxygen atoms in total. The molecular weight excluding hydrogens is 388 g/mol. The topological polar surface area (TPSA) is 131 Å². The lowest BCUT2D eigenvalue weighted by Gasteiger charge is -2.17. The molecule has 3 rings (SSSR count). The minimum Gasteiger partial charge on any atom is -0.492 e. The van der Waals surface area contributed by atoms with Crippen molar-refractivity contribution in [1.29, 1.82) is 0 Å². The first-order chi connectivity index (χ1) is 14.6. The third-order valence-electron chi connectivity index (χ3n) is 3.95. The van der Waals surface area contributed by atoms with Crippen LogP contribution in [0.15, 0.2) is 42.5 Å². The quantitative estimate of drug-likeness (QED) is 0.494. The second-order valence-electron chi connectivity index (χ2n) is 6.08. The van der Waals surface area contributed by atoms with E-state index in [4.69, 9.17) is 9.47 Å². The summed E-state index contributed by atoms with van der Waals surface area (Å²) in [5.41, 5.74) is 1.35. The van der Waals surface area contributed by atoms with E-state index in [1.165, 1.54) is 0 Å². The minimum absolute atomic E-state index is 0.0570. The first kappa shape index (κ1) is 20.8. The SMILES string of the molecule is CCOc1cc(NC(=O)c2ccccc2)c(OCC)cc1NC(=O)Cc1nn[nH]n1. The zero-order chi connectivity index (χ0) is 21.3. The first-order valence-corrected chi connectivity index (χ1v) is 9.42. The van der Waals surface area contributed by atoms with Crippen LogP contribution < -0.4 is 20.1 Å². The molecule has 1 heterocycles. The molecule has 0 saturated carbocycles. The summed E-state index contributed by atoms with van der Waals surface area (Å²) >= 11 is 0. The zero-order valence-electron chi connectivity index (χ0n) is 16.6. The number of hydrogen-bond donors (Lipinski definition) is 3. The maximum atomic E-state index is 12.6. The van der Waals surface area contributed by atoms with Crippen LogP contribution in [0, 0.1) is 0 Å². The van der Waals surface area contributed by atoms with Gasteiger partial charge in [0.25, 0.3) is 5.91 Å². The lowest BCUT2D eigenvalue weighted by atomic mass is 10.2. The summed E-state index contributed by atoms with van der Waals surface area (Å²) in [6, 6.07) is 12.1. The Labute approximate surface area is 173 Å². The molecule has 0 unspecified atom stereocenters. The second kappa shape index (κ2) is 10.0. The Balaban J connectivity index is 1.86. The summed E-state index contributed by atoms with van der Waals surface area (Å²) in [7, 11) is 0. The molecule has 0 bridgehead atoms. The van der Waals surface area contributed by atoms with E-state index < -0.39 is 0 Å². The molecule has 0 aliphatic carbocycles. The van der Waals surface area contributed by atoms with Crippen molar-refractivity contribution in [1.82, 2.24) is 20.6 Å². The fourth-order valence-electron chi connectivity index (χ4n) is 2.68. The molecule has 3 N–H and O–H groups in total. The van der Waals surface area contributed by atoms with Crippen molar-refractivity contribution in [2.75, 3.05) is 23.8 Å². The Bertz CT molecular complexity index is 992. The van der Waals surface area contributed by atoms with Crippen LogP contribution in [0.2, 0.25) is 0 Å². The molecule has 2 aromatic carbocycles. The van der Waals surface area contributed by atoms with Crippen LogP contribution in [0.4, 0.5) is 11.4 Å². The molecule has 10 heteroatoms. The van der Waals surface area contributed by atoms with Crippen LogP contribution in [0.3, 0.4) is 0 Å². The minimum atomic E-state index is -0.346. The maximum absolute atomic E-state index is 12.6. The van der Waals surface area contributed by atoms with Crippen molar-refractivity contribution in [3.63, 3.8) is 0 Å². The summed E-state index contributed by atoms with van der Waals surface area (Å²) in [5.74, 6) is 0.432. The van der Waals surface area contributed by atoms with Gasteiger partial charge in [-0.1, -0.05) is 23.4 Å². The van der Waals surface area contributed by atoms with Gasteiger partial charge >= 0.3 is 0 Å². The van der Waals surface area contributed by atoms with E-state index in [1.807, 2.05) is 19.9 Å². The average molecular weight is 410 g/mol. The van der Waals surface area contributed by atoms with Crippen LogP contribution in [0.1, 0.15) is 30.0 Å². The lowest BCUT2D eigenvalue weighted by molar-refractivity contribution is -0.115. The third-order valence-corrected chi connectivity index (χ3v) is 3.95. The summed E-state index contributed by atoms with van der Waals surface area (Å²) in [4.78, 5) is 24.9. The highest BCUT2D eigenvalue weighted by molar-refractivity contribution is 6.05. The van der Waals surface area contributed by atoms with Gasteiger partial charge in [0.05, 0.1) is 31.0 Å². The molecule has 1 aromatic heterocycles. The number of tetrazole rings is 1. The standard InChI is InChI=1S/C20H22N6O4/c1-3-29-16-11-15(22-20(28)13-8-6-5-7-9-13)17(30-4-2)10-14(16)21-19(27)12-18-23-25-26-24-18/h5-11H,3-4,12H2,1-2H3,(H,21,27)(H,22,28)(H,23,24,25,26). The third kappa shape index (κ3) is 5.31. The Hall–Kier alpha value is -3.95. The number of carbonyl (C=O) groups excluding carboxylic acids is 2. The summed E-state index contributed by atoms with van der Waals surface area (Å²) in [6.45, 7) is 4.39. The van der Waals surface area contributed by atoms with Crippen molar-refractivity contribution in [2.45, 2.75) is 20.3 Å². The maximum Gasteiger partial charge on any atom is 0.255 e. The smallest absolute Gasteiger partial charge is 0.255 e. The van der Waals surface area contributed by atoms with Gasteiger partial charge in [-0.3, -0.25) is 9.59 Å².